The molecule has 1 aromatic carbocycles. The maximum absolute atomic E-state index is 5.39. The molecule has 3 rings (SSSR count). The van der Waals surface area contributed by atoms with E-state index in [9.17, 15) is 0 Å². The minimum absolute atomic E-state index is 0.633. The summed E-state index contributed by atoms with van der Waals surface area (Å²) in [7, 11) is 0. The highest BCUT2D eigenvalue weighted by molar-refractivity contribution is 5.59. The summed E-state index contributed by atoms with van der Waals surface area (Å²) in [6.07, 6.45) is 3.51. The van der Waals surface area contributed by atoms with Crippen molar-refractivity contribution in [3.63, 3.8) is 0 Å². The Hall–Kier alpha value is -1.06. The monoisotopic (exact) mass is 260 g/mol. The summed E-state index contributed by atoms with van der Waals surface area (Å²) in [5.41, 5.74) is 2.94. The van der Waals surface area contributed by atoms with Crippen LogP contribution in [0.25, 0.3) is 0 Å². The highest BCUT2D eigenvalue weighted by Crippen LogP contribution is 2.31. The van der Waals surface area contributed by atoms with Crippen LogP contribution in [0.15, 0.2) is 24.3 Å². The van der Waals surface area contributed by atoms with E-state index in [0.717, 1.165) is 39.1 Å². The van der Waals surface area contributed by atoms with E-state index in [0.29, 0.717) is 12.1 Å². The van der Waals surface area contributed by atoms with E-state index in [2.05, 4.69) is 41.4 Å². The Balaban J connectivity index is 1.52. The number of nitrogens with one attached hydrogen (secondary N) is 1. The lowest BCUT2D eigenvalue weighted by Gasteiger charge is -2.28. The van der Waals surface area contributed by atoms with Gasteiger partial charge in [-0.25, -0.2) is 0 Å². The van der Waals surface area contributed by atoms with E-state index in [-0.39, 0.29) is 0 Å². The third-order valence-corrected chi connectivity index (χ3v) is 4.36. The molecule has 0 amide bonds. The molecule has 0 spiro atoms. The normalized spacial score (nSPS) is 23.6. The van der Waals surface area contributed by atoms with Crippen LogP contribution in [-0.4, -0.2) is 38.4 Å². The van der Waals surface area contributed by atoms with Crippen LogP contribution in [0.1, 0.15) is 25.3 Å². The van der Waals surface area contributed by atoms with Crippen LogP contribution in [0.3, 0.4) is 0 Å². The topological polar surface area (TPSA) is 24.5 Å². The van der Waals surface area contributed by atoms with Gasteiger partial charge >= 0.3 is 0 Å². The molecule has 3 heteroatoms. The van der Waals surface area contributed by atoms with Gasteiger partial charge < -0.3 is 15.0 Å². The minimum atomic E-state index is 0.633. The van der Waals surface area contributed by atoms with E-state index < -0.39 is 0 Å². The van der Waals surface area contributed by atoms with E-state index >= 15 is 0 Å². The average Bonchev–Trinajstić information content (AvgIpc) is 2.76. The van der Waals surface area contributed by atoms with Gasteiger partial charge in [-0.3, -0.25) is 0 Å². The fourth-order valence-corrected chi connectivity index (χ4v) is 3.26. The molecule has 1 atom stereocenters. The zero-order valence-corrected chi connectivity index (χ0v) is 11.8. The van der Waals surface area contributed by atoms with Crippen LogP contribution >= 0.6 is 0 Å². The summed E-state index contributed by atoms with van der Waals surface area (Å²) in [5, 5.41) is 3.68. The van der Waals surface area contributed by atoms with Gasteiger partial charge in [0.05, 0.1) is 0 Å². The predicted octanol–water partition coefficient (Wildman–Crippen LogP) is 2.21. The van der Waals surface area contributed by atoms with Crippen LogP contribution in [0.2, 0.25) is 0 Å². The summed E-state index contributed by atoms with van der Waals surface area (Å²) < 4.78 is 5.39. The molecule has 0 aliphatic carbocycles. The van der Waals surface area contributed by atoms with Crippen LogP contribution in [-0.2, 0) is 11.2 Å². The zero-order chi connectivity index (χ0) is 13.1. The molecular weight excluding hydrogens is 236 g/mol. The third kappa shape index (κ3) is 2.93. The van der Waals surface area contributed by atoms with Crippen molar-refractivity contribution in [3.8, 4) is 0 Å². The highest BCUT2D eigenvalue weighted by atomic mass is 16.5. The van der Waals surface area contributed by atoms with Crippen LogP contribution < -0.4 is 10.2 Å². The van der Waals surface area contributed by atoms with Crippen LogP contribution in [0, 0.1) is 0 Å². The first-order valence-electron chi connectivity index (χ1n) is 7.50. The predicted molar refractivity (Wildman–Crippen MR) is 78.8 cm³/mol. The molecular formula is C16H24N2O. The number of ether oxygens (including phenoxy) is 1. The number of nitrogens with zero attached hydrogens (tertiary/aromatic N) is 1. The number of hydrogen-bond acceptors (Lipinski definition) is 3. The Morgan fingerprint density at radius 2 is 2.05 bits per heavy atom. The maximum Gasteiger partial charge on any atom is 0.0480 e. The standard InChI is InChI=1S/C16H24N2O/c1-13-12-14-4-2-3-5-16(14)18(13)9-8-17-15-6-10-19-11-7-15/h2-5,13,15,17H,6-12H2,1H3. The fourth-order valence-electron chi connectivity index (χ4n) is 3.26. The van der Waals surface area contributed by atoms with Gasteiger partial charge in [0, 0.05) is 44.1 Å². The molecule has 1 N–H and O–H groups in total. The van der Waals surface area contributed by atoms with Crippen molar-refractivity contribution < 1.29 is 4.74 Å². The second-order valence-corrected chi connectivity index (χ2v) is 5.72. The number of hydrogen-bond donors (Lipinski definition) is 1. The van der Waals surface area contributed by atoms with E-state index in [1.165, 1.54) is 17.7 Å². The van der Waals surface area contributed by atoms with Crippen molar-refractivity contribution in [2.24, 2.45) is 0 Å². The molecule has 3 nitrogen and oxygen atoms in total. The zero-order valence-electron chi connectivity index (χ0n) is 11.8. The van der Waals surface area contributed by atoms with Gasteiger partial charge in [-0.15, -0.1) is 0 Å². The Labute approximate surface area is 115 Å². The molecule has 1 aromatic rings. The summed E-state index contributed by atoms with van der Waals surface area (Å²) in [6, 6.07) is 10.1. The van der Waals surface area contributed by atoms with Crippen molar-refractivity contribution in [1.82, 2.24) is 5.32 Å². The number of fused-ring (bicyclic) bond motifs is 1. The summed E-state index contributed by atoms with van der Waals surface area (Å²) in [6.45, 7) is 6.34. The average molecular weight is 260 g/mol. The quantitative estimate of drug-likeness (QED) is 0.898. The van der Waals surface area contributed by atoms with Crippen molar-refractivity contribution >= 4 is 5.69 Å². The first-order chi connectivity index (χ1) is 9.34. The Kier molecular flexibility index (Phi) is 4.04. The molecule has 1 saturated heterocycles. The van der Waals surface area contributed by atoms with E-state index in [1.807, 2.05) is 0 Å². The van der Waals surface area contributed by atoms with Gasteiger partial charge in [-0.05, 0) is 37.8 Å². The van der Waals surface area contributed by atoms with Crippen molar-refractivity contribution in [2.75, 3.05) is 31.2 Å². The molecule has 1 fully saturated rings. The van der Waals surface area contributed by atoms with Gasteiger partial charge in [0.1, 0.15) is 0 Å². The van der Waals surface area contributed by atoms with Crippen LogP contribution in [0.4, 0.5) is 5.69 Å². The summed E-state index contributed by atoms with van der Waals surface area (Å²) >= 11 is 0. The van der Waals surface area contributed by atoms with Crippen molar-refractivity contribution in [2.45, 2.75) is 38.3 Å². The largest absolute Gasteiger partial charge is 0.381 e. The molecule has 2 aliphatic rings. The van der Waals surface area contributed by atoms with Gasteiger partial charge in [0.15, 0.2) is 0 Å². The van der Waals surface area contributed by atoms with Crippen molar-refractivity contribution in [1.29, 1.82) is 0 Å². The van der Waals surface area contributed by atoms with Crippen LogP contribution in [0.5, 0.6) is 0 Å². The number of benzene rings is 1. The first-order valence-corrected chi connectivity index (χ1v) is 7.50. The molecule has 0 bridgehead atoms. The molecule has 19 heavy (non-hydrogen) atoms. The van der Waals surface area contributed by atoms with Gasteiger partial charge in [-0.2, -0.15) is 0 Å². The van der Waals surface area contributed by atoms with Gasteiger partial charge in [0.2, 0.25) is 0 Å². The lowest BCUT2D eigenvalue weighted by molar-refractivity contribution is 0.0783. The second-order valence-electron chi connectivity index (χ2n) is 5.72. The summed E-state index contributed by atoms with van der Waals surface area (Å²) in [5.74, 6) is 0. The van der Waals surface area contributed by atoms with E-state index in [4.69, 9.17) is 4.74 Å². The lowest BCUT2D eigenvalue weighted by atomic mass is 10.1. The first kappa shape index (κ1) is 12.9. The number of para-hydroxylation sites is 1. The molecule has 1 unspecified atom stereocenters. The molecule has 0 saturated carbocycles. The van der Waals surface area contributed by atoms with Crippen molar-refractivity contribution in [3.05, 3.63) is 29.8 Å². The molecule has 2 aliphatic heterocycles. The minimum Gasteiger partial charge on any atom is -0.381 e. The molecule has 2 heterocycles. The Morgan fingerprint density at radius 1 is 1.26 bits per heavy atom. The SMILES string of the molecule is CC1Cc2ccccc2N1CCNC1CCOCC1. The van der Waals surface area contributed by atoms with E-state index in [1.54, 1.807) is 0 Å². The van der Waals surface area contributed by atoms with Gasteiger partial charge in [0.25, 0.3) is 0 Å². The molecule has 0 radical (unpaired) electrons. The third-order valence-electron chi connectivity index (χ3n) is 4.36. The number of anilines is 1. The fraction of sp³-hybridized carbons (Fsp3) is 0.625. The number of rotatable bonds is 4. The molecule has 0 aromatic heterocycles. The Bertz CT molecular complexity index is 415. The van der Waals surface area contributed by atoms with Gasteiger partial charge in [-0.1, -0.05) is 18.2 Å². The smallest absolute Gasteiger partial charge is 0.0480 e. The second kappa shape index (κ2) is 5.93. The lowest BCUT2D eigenvalue weighted by Crippen LogP contribution is -2.41. The summed E-state index contributed by atoms with van der Waals surface area (Å²) in [4.78, 5) is 2.54. The molecule has 104 valence electrons. The Morgan fingerprint density at radius 3 is 2.89 bits per heavy atom. The maximum atomic E-state index is 5.39. The highest BCUT2D eigenvalue weighted by Gasteiger charge is 2.25.